The van der Waals surface area contributed by atoms with Crippen molar-refractivity contribution in [3.05, 3.63) is 46.8 Å². The van der Waals surface area contributed by atoms with Gasteiger partial charge in [-0.05, 0) is 33.3 Å². The van der Waals surface area contributed by atoms with Crippen molar-refractivity contribution in [3.63, 3.8) is 0 Å². The van der Waals surface area contributed by atoms with E-state index in [2.05, 4.69) is 10.3 Å². The molecule has 2 aromatic rings. The fraction of sp³-hybridized carbons (Fsp3) is 0.526. The lowest BCUT2D eigenvalue weighted by Crippen LogP contribution is -2.45. The number of ether oxygens (including phenoxy) is 1. The Balaban J connectivity index is 1.81. The molecule has 1 aromatic carbocycles. The predicted octanol–water partition coefficient (Wildman–Crippen LogP) is 3.95. The molecule has 1 atom stereocenters. The first-order valence-electron chi connectivity index (χ1n) is 8.92. The van der Waals surface area contributed by atoms with Crippen molar-refractivity contribution >= 4 is 6.09 Å². The van der Waals surface area contributed by atoms with Crippen molar-refractivity contribution in [2.24, 2.45) is 0 Å². The molecule has 1 amide bonds. The van der Waals surface area contributed by atoms with Gasteiger partial charge in [0.05, 0.1) is 18.8 Å². The summed E-state index contributed by atoms with van der Waals surface area (Å²) < 4.78 is 33.6. The molecule has 27 heavy (non-hydrogen) atoms. The van der Waals surface area contributed by atoms with E-state index in [1.54, 1.807) is 27.8 Å². The zero-order valence-electron chi connectivity index (χ0n) is 15.9. The maximum absolute atomic E-state index is 13.2. The molecule has 1 aliphatic heterocycles. The van der Waals surface area contributed by atoms with Crippen LogP contribution in [0.4, 0.5) is 13.6 Å². The van der Waals surface area contributed by atoms with Crippen LogP contribution in [0.3, 0.4) is 0 Å². The van der Waals surface area contributed by atoms with Crippen LogP contribution in [0.15, 0.2) is 24.3 Å². The third kappa shape index (κ3) is 4.26. The Morgan fingerprint density at radius 1 is 1.33 bits per heavy atom. The highest BCUT2D eigenvalue weighted by Gasteiger charge is 2.33. The third-order valence-electron chi connectivity index (χ3n) is 4.50. The van der Waals surface area contributed by atoms with Crippen LogP contribution in [0.25, 0.3) is 0 Å². The van der Waals surface area contributed by atoms with Crippen LogP contribution in [-0.4, -0.2) is 37.6 Å². The van der Waals surface area contributed by atoms with Gasteiger partial charge in [0.15, 0.2) is 0 Å². The Morgan fingerprint density at radius 2 is 2.04 bits per heavy atom. The maximum atomic E-state index is 13.2. The number of hydrogen-bond donors (Lipinski definition) is 0. The van der Waals surface area contributed by atoms with Crippen LogP contribution in [0.2, 0.25) is 0 Å². The lowest BCUT2D eigenvalue weighted by Gasteiger charge is -2.34. The van der Waals surface area contributed by atoms with E-state index >= 15 is 0 Å². The number of amides is 1. The maximum Gasteiger partial charge on any atom is 0.410 e. The summed E-state index contributed by atoms with van der Waals surface area (Å²) in [6, 6.07) is 6.33. The van der Waals surface area contributed by atoms with Crippen LogP contribution in [0.1, 0.15) is 56.6 Å². The molecule has 0 bridgehead atoms. The topological polar surface area (TPSA) is 60.2 Å². The summed E-state index contributed by atoms with van der Waals surface area (Å²) >= 11 is 0. The van der Waals surface area contributed by atoms with Gasteiger partial charge in [-0.1, -0.05) is 29.5 Å². The van der Waals surface area contributed by atoms with E-state index in [0.717, 1.165) is 5.69 Å². The molecule has 0 fully saturated rings. The lowest BCUT2D eigenvalue weighted by atomic mass is 10.0. The molecule has 1 aromatic heterocycles. The Bertz CT molecular complexity index is 829. The molecule has 0 N–H and O–H groups in total. The molecular formula is C19H24F2N4O2. The number of halogens is 2. The van der Waals surface area contributed by atoms with Gasteiger partial charge in [0.25, 0.3) is 6.43 Å². The largest absolute Gasteiger partial charge is 0.444 e. The molecular weight excluding hydrogens is 354 g/mol. The first-order valence-corrected chi connectivity index (χ1v) is 8.92. The summed E-state index contributed by atoms with van der Waals surface area (Å²) in [6.45, 7) is 7.91. The molecule has 0 saturated carbocycles. The minimum atomic E-state index is -2.54. The summed E-state index contributed by atoms with van der Waals surface area (Å²) in [7, 11) is 0. The quantitative estimate of drug-likeness (QED) is 0.812. The number of carbonyl (C=O) groups is 1. The van der Waals surface area contributed by atoms with Gasteiger partial charge in [-0.3, -0.25) is 4.90 Å². The van der Waals surface area contributed by atoms with Crippen molar-refractivity contribution in [1.29, 1.82) is 0 Å². The molecule has 0 aliphatic carbocycles. The van der Waals surface area contributed by atoms with E-state index in [1.165, 1.54) is 6.07 Å². The fourth-order valence-corrected chi connectivity index (χ4v) is 3.17. The second-order valence-corrected chi connectivity index (χ2v) is 7.80. The van der Waals surface area contributed by atoms with E-state index in [9.17, 15) is 13.6 Å². The van der Waals surface area contributed by atoms with Crippen LogP contribution in [-0.2, 0) is 24.2 Å². The highest BCUT2D eigenvalue weighted by molar-refractivity contribution is 5.69. The molecule has 3 rings (SSSR count). The first kappa shape index (κ1) is 19.3. The number of carbonyl (C=O) groups excluding carboxylic acids is 1. The second-order valence-electron chi connectivity index (χ2n) is 7.80. The normalized spacial score (nSPS) is 17.1. The zero-order chi connectivity index (χ0) is 19.8. The first-order chi connectivity index (χ1) is 12.7. The van der Waals surface area contributed by atoms with Gasteiger partial charge in [0.2, 0.25) is 0 Å². The second kappa shape index (κ2) is 7.25. The summed E-state index contributed by atoms with van der Waals surface area (Å²) in [5.74, 6) is 0. The van der Waals surface area contributed by atoms with Gasteiger partial charge in [0, 0.05) is 18.0 Å². The molecule has 8 heteroatoms. The van der Waals surface area contributed by atoms with Crippen molar-refractivity contribution in [1.82, 2.24) is 19.9 Å². The molecule has 0 radical (unpaired) electrons. The number of aromatic nitrogens is 3. The summed E-state index contributed by atoms with van der Waals surface area (Å²) in [5.41, 5.74) is 1.48. The average Bonchev–Trinajstić information content (AvgIpc) is 2.94. The number of benzene rings is 1. The molecule has 2 heterocycles. The van der Waals surface area contributed by atoms with Crippen LogP contribution in [0, 0.1) is 0 Å². The SMILES string of the molecule is C[C@@H]1Cc2c(nnn2Cc2ccccc2C(F)F)CN1C(=O)OC(C)(C)C. The van der Waals surface area contributed by atoms with Gasteiger partial charge in [-0.15, -0.1) is 5.10 Å². The molecule has 0 unspecified atom stereocenters. The number of nitrogens with zero attached hydrogens (tertiary/aromatic N) is 4. The highest BCUT2D eigenvalue weighted by Crippen LogP contribution is 2.27. The molecule has 6 nitrogen and oxygen atoms in total. The van der Waals surface area contributed by atoms with Crippen molar-refractivity contribution in [3.8, 4) is 0 Å². The zero-order valence-corrected chi connectivity index (χ0v) is 15.9. The van der Waals surface area contributed by atoms with E-state index in [0.29, 0.717) is 24.2 Å². The van der Waals surface area contributed by atoms with Crippen molar-refractivity contribution in [2.45, 2.75) is 65.3 Å². The molecule has 146 valence electrons. The summed E-state index contributed by atoms with van der Waals surface area (Å²) in [5, 5.41) is 8.31. The Labute approximate surface area is 157 Å². The van der Waals surface area contributed by atoms with E-state index in [-0.39, 0.29) is 18.2 Å². The van der Waals surface area contributed by atoms with E-state index in [4.69, 9.17) is 4.74 Å². The van der Waals surface area contributed by atoms with Crippen LogP contribution >= 0.6 is 0 Å². The fourth-order valence-electron chi connectivity index (χ4n) is 3.17. The Morgan fingerprint density at radius 3 is 2.70 bits per heavy atom. The minimum absolute atomic E-state index is 0.000916. The van der Waals surface area contributed by atoms with E-state index in [1.807, 2.05) is 27.7 Å². The van der Waals surface area contributed by atoms with E-state index < -0.39 is 18.1 Å². The number of fused-ring (bicyclic) bond motifs is 1. The summed E-state index contributed by atoms with van der Waals surface area (Å²) in [6.07, 6.45) is -2.39. The minimum Gasteiger partial charge on any atom is -0.444 e. The number of alkyl halides is 2. The van der Waals surface area contributed by atoms with Gasteiger partial charge in [0.1, 0.15) is 11.3 Å². The Kier molecular flexibility index (Phi) is 5.17. The van der Waals surface area contributed by atoms with Gasteiger partial charge >= 0.3 is 6.09 Å². The van der Waals surface area contributed by atoms with Crippen LogP contribution in [0.5, 0.6) is 0 Å². The molecule has 1 aliphatic rings. The Hall–Kier alpha value is -2.51. The lowest BCUT2D eigenvalue weighted by molar-refractivity contribution is 0.0133. The van der Waals surface area contributed by atoms with Crippen LogP contribution < -0.4 is 0 Å². The van der Waals surface area contributed by atoms with Gasteiger partial charge in [-0.25, -0.2) is 18.3 Å². The average molecular weight is 378 g/mol. The summed E-state index contributed by atoms with van der Waals surface area (Å²) in [4.78, 5) is 14.0. The molecule has 0 saturated heterocycles. The third-order valence-corrected chi connectivity index (χ3v) is 4.50. The number of hydrogen-bond acceptors (Lipinski definition) is 4. The predicted molar refractivity (Wildman–Crippen MR) is 95.5 cm³/mol. The van der Waals surface area contributed by atoms with Gasteiger partial charge < -0.3 is 4.74 Å². The molecule has 0 spiro atoms. The highest BCUT2D eigenvalue weighted by atomic mass is 19.3. The van der Waals surface area contributed by atoms with Crippen molar-refractivity contribution < 1.29 is 18.3 Å². The van der Waals surface area contributed by atoms with Gasteiger partial charge in [-0.2, -0.15) is 0 Å². The van der Waals surface area contributed by atoms with Crippen molar-refractivity contribution in [2.75, 3.05) is 0 Å². The number of rotatable bonds is 3. The standard InChI is InChI=1S/C19H24F2N4O2/c1-12-9-16-15(11-24(12)18(26)27-19(2,3)4)22-23-25(16)10-13-7-5-6-8-14(13)17(20)21/h5-8,12,17H,9-11H2,1-4H3/t12-/m1/s1. The monoisotopic (exact) mass is 378 g/mol. The smallest absolute Gasteiger partial charge is 0.410 e.